The molecule has 1 unspecified atom stereocenters. The molecular weight excluding hydrogens is 321 g/mol. The van der Waals surface area contributed by atoms with Crippen LogP contribution >= 0.6 is 23.2 Å². The Bertz CT molecular complexity index is 610. The fourth-order valence-corrected chi connectivity index (χ4v) is 3.51. The van der Waals surface area contributed by atoms with E-state index < -0.39 is 6.10 Å². The summed E-state index contributed by atoms with van der Waals surface area (Å²) in [6.45, 7) is 2.49. The Kier molecular flexibility index (Phi) is 5.03. The van der Waals surface area contributed by atoms with Gasteiger partial charge in [0.15, 0.2) is 0 Å². The van der Waals surface area contributed by atoms with Gasteiger partial charge in [0.1, 0.15) is 0 Å². The standard InChI is InChI=1S/C16H19Cl2N3O/c17-12-2-3-14(15(18)10-12)16(22)11-20-8-4-13(5-9-20)21-7-1-6-19-21/h1-3,6-7,10,13,16,22H,4-5,8-9,11H2. The van der Waals surface area contributed by atoms with E-state index in [1.807, 2.05) is 23.1 Å². The van der Waals surface area contributed by atoms with Gasteiger partial charge >= 0.3 is 0 Å². The number of hydrogen-bond acceptors (Lipinski definition) is 3. The number of rotatable bonds is 4. The number of benzene rings is 1. The molecule has 0 aliphatic carbocycles. The third-order valence-corrected chi connectivity index (χ3v) is 4.77. The van der Waals surface area contributed by atoms with Gasteiger partial charge in [0, 0.05) is 47.6 Å². The highest BCUT2D eigenvalue weighted by Gasteiger charge is 2.23. The summed E-state index contributed by atoms with van der Waals surface area (Å²) < 4.78 is 2.03. The van der Waals surface area contributed by atoms with Crippen LogP contribution in [0.25, 0.3) is 0 Å². The number of aliphatic hydroxyl groups excluding tert-OH is 1. The molecule has 2 aromatic rings. The molecule has 1 atom stereocenters. The van der Waals surface area contributed by atoms with Crippen LogP contribution < -0.4 is 0 Å². The molecule has 0 amide bonds. The Morgan fingerprint density at radius 2 is 2.05 bits per heavy atom. The first-order valence-electron chi connectivity index (χ1n) is 7.48. The van der Waals surface area contributed by atoms with E-state index in [0.29, 0.717) is 22.6 Å². The van der Waals surface area contributed by atoms with E-state index in [9.17, 15) is 5.11 Å². The number of β-amino-alcohol motifs (C(OH)–C–C–N with tert-alkyl or cyclic N) is 1. The molecule has 2 heterocycles. The summed E-state index contributed by atoms with van der Waals surface area (Å²) in [6.07, 6.45) is 5.33. The van der Waals surface area contributed by atoms with E-state index >= 15 is 0 Å². The number of aromatic nitrogens is 2. The first-order valence-corrected chi connectivity index (χ1v) is 8.23. The van der Waals surface area contributed by atoms with Crippen molar-refractivity contribution in [3.8, 4) is 0 Å². The van der Waals surface area contributed by atoms with Crippen LogP contribution in [0, 0.1) is 0 Å². The fourth-order valence-electron chi connectivity index (χ4n) is 2.98. The zero-order chi connectivity index (χ0) is 15.5. The van der Waals surface area contributed by atoms with Gasteiger partial charge in [-0.15, -0.1) is 0 Å². The second-order valence-corrected chi connectivity index (χ2v) is 6.54. The van der Waals surface area contributed by atoms with Gasteiger partial charge in [-0.25, -0.2) is 0 Å². The lowest BCUT2D eigenvalue weighted by atomic mass is 10.0. The van der Waals surface area contributed by atoms with Crippen LogP contribution in [0.1, 0.15) is 30.6 Å². The number of halogens is 2. The molecule has 3 rings (SSSR count). The van der Waals surface area contributed by atoms with E-state index in [1.165, 1.54) is 0 Å². The molecule has 0 spiro atoms. The van der Waals surface area contributed by atoms with Crippen LogP contribution in [0.4, 0.5) is 0 Å². The summed E-state index contributed by atoms with van der Waals surface area (Å²) in [6, 6.07) is 7.65. The molecule has 1 fully saturated rings. The topological polar surface area (TPSA) is 41.3 Å². The summed E-state index contributed by atoms with van der Waals surface area (Å²) in [5.41, 5.74) is 0.736. The Labute approximate surface area is 140 Å². The van der Waals surface area contributed by atoms with Crippen molar-refractivity contribution in [3.05, 3.63) is 52.3 Å². The van der Waals surface area contributed by atoms with Gasteiger partial charge in [0.05, 0.1) is 12.1 Å². The summed E-state index contributed by atoms with van der Waals surface area (Å²) in [7, 11) is 0. The van der Waals surface area contributed by atoms with Gasteiger partial charge in [-0.05, 0) is 31.0 Å². The highest BCUT2D eigenvalue weighted by atomic mass is 35.5. The Morgan fingerprint density at radius 1 is 1.27 bits per heavy atom. The molecule has 1 aromatic carbocycles. The van der Waals surface area contributed by atoms with Crippen molar-refractivity contribution in [1.29, 1.82) is 0 Å². The first kappa shape index (κ1) is 15.8. The van der Waals surface area contributed by atoms with E-state index in [4.69, 9.17) is 23.2 Å². The highest BCUT2D eigenvalue weighted by molar-refractivity contribution is 6.35. The molecular formula is C16H19Cl2N3O. The minimum absolute atomic E-state index is 0.461. The normalized spacial score (nSPS) is 18.5. The molecule has 0 saturated carbocycles. The lowest BCUT2D eigenvalue weighted by Gasteiger charge is -2.33. The Morgan fingerprint density at radius 3 is 2.68 bits per heavy atom. The lowest BCUT2D eigenvalue weighted by Crippen LogP contribution is -2.37. The second kappa shape index (κ2) is 7.01. The Balaban J connectivity index is 1.56. The smallest absolute Gasteiger partial charge is 0.0931 e. The first-order chi connectivity index (χ1) is 10.6. The largest absolute Gasteiger partial charge is 0.387 e. The van der Waals surface area contributed by atoms with Gasteiger partial charge in [-0.2, -0.15) is 5.10 Å². The van der Waals surface area contributed by atoms with Crippen molar-refractivity contribution < 1.29 is 5.11 Å². The maximum absolute atomic E-state index is 10.4. The zero-order valence-corrected chi connectivity index (χ0v) is 13.7. The summed E-state index contributed by atoms with van der Waals surface area (Å²) >= 11 is 12.1. The number of likely N-dealkylation sites (tertiary alicyclic amines) is 1. The van der Waals surface area contributed by atoms with Gasteiger partial charge < -0.3 is 10.0 Å². The maximum atomic E-state index is 10.4. The average Bonchev–Trinajstić information content (AvgIpc) is 3.02. The molecule has 1 aliphatic heterocycles. The van der Waals surface area contributed by atoms with Gasteiger partial charge in [-0.3, -0.25) is 4.68 Å². The van der Waals surface area contributed by atoms with Crippen molar-refractivity contribution in [2.45, 2.75) is 25.0 Å². The van der Waals surface area contributed by atoms with Crippen LogP contribution in [0.3, 0.4) is 0 Å². The minimum Gasteiger partial charge on any atom is -0.387 e. The average molecular weight is 340 g/mol. The van der Waals surface area contributed by atoms with Crippen molar-refractivity contribution in [1.82, 2.24) is 14.7 Å². The van der Waals surface area contributed by atoms with Crippen LogP contribution in [-0.2, 0) is 0 Å². The molecule has 1 aliphatic rings. The van der Waals surface area contributed by atoms with Crippen molar-refractivity contribution in [2.24, 2.45) is 0 Å². The predicted molar refractivity (Wildman–Crippen MR) is 88.4 cm³/mol. The molecule has 1 N–H and O–H groups in total. The van der Waals surface area contributed by atoms with Crippen LogP contribution in [0.15, 0.2) is 36.7 Å². The molecule has 0 radical (unpaired) electrons. The van der Waals surface area contributed by atoms with Crippen molar-refractivity contribution in [3.63, 3.8) is 0 Å². The Hall–Kier alpha value is -1.07. The molecule has 0 bridgehead atoms. The number of aliphatic hydroxyl groups is 1. The monoisotopic (exact) mass is 339 g/mol. The van der Waals surface area contributed by atoms with E-state index in [-0.39, 0.29) is 0 Å². The van der Waals surface area contributed by atoms with E-state index in [0.717, 1.165) is 31.5 Å². The van der Waals surface area contributed by atoms with Gasteiger partial charge in [0.2, 0.25) is 0 Å². The summed E-state index contributed by atoms with van der Waals surface area (Å²) in [4.78, 5) is 2.27. The second-order valence-electron chi connectivity index (χ2n) is 5.70. The summed E-state index contributed by atoms with van der Waals surface area (Å²) in [5, 5.41) is 15.8. The van der Waals surface area contributed by atoms with Gasteiger partial charge in [-0.1, -0.05) is 29.3 Å². The van der Waals surface area contributed by atoms with Gasteiger partial charge in [0.25, 0.3) is 0 Å². The maximum Gasteiger partial charge on any atom is 0.0931 e. The highest BCUT2D eigenvalue weighted by Crippen LogP contribution is 2.28. The molecule has 1 saturated heterocycles. The minimum atomic E-state index is -0.592. The van der Waals surface area contributed by atoms with E-state index in [1.54, 1.807) is 18.2 Å². The number of piperidine rings is 1. The van der Waals surface area contributed by atoms with Crippen LogP contribution in [0.5, 0.6) is 0 Å². The lowest BCUT2D eigenvalue weighted by molar-refractivity contribution is 0.0890. The van der Waals surface area contributed by atoms with E-state index in [2.05, 4.69) is 10.00 Å². The van der Waals surface area contributed by atoms with Crippen LogP contribution in [0.2, 0.25) is 10.0 Å². The SMILES string of the molecule is OC(CN1CCC(n2cccn2)CC1)c1ccc(Cl)cc1Cl. The third-order valence-electron chi connectivity index (χ3n) is 4.21. The van der Waals surface area contributed by atoms with Crippen molar-refractivity contribution >= 4 is 23.2 Å². The quantitative estimate of drug-likeness (QED) is 0.925. The third kappa shape index (κ3) is 3.63. The molecule has 22 heavy (non-hydrogen) atoms. The fraction of sp³-hybridized carbons (Fsp3) is 0.438. The molecule has 6 heteroatoms. The van der Waals surface area contributed by atoms with Crippen molar-refractivity contribution in [2.75, 3.05) is 19.6 Å². The molecule has 1 aromatic heterocycles. The zero-order valence-electron chi connectivity index (χ0n) is 12.2. The number of hydrogen-bond donors (Lipinski definition) is 1. The molecule has 118 valence electrons. The summed E-state index contributed by atoms with van der Waals surface area (Å²) in [5.74, 6) is 0. The van der Waals surface area contributed by atoms with Crippen LogP contribution in [-0.4, -0.2) is 39.4 Å². The number of nitrogens with zero attached hydrogens (tertiary/aromatic N) is 3. The predicted octanol–water partition coefficient (Wildman–Crippen LogP) is 3.56. The molecule has 4 nitrogen and oxygen atoms in total.